The fourth-order valence-corrected chi connectivity index (χ4v) is 2.59. The summed E-state index contributed by atoms with van der Waals surface area (Å²) >= 11 is 0. The molecule has 3 rings (SSSR count). The first-order valence-corrected chi connectivity index (χ1v) is 6.83. The Morgan fingerprint density at radius 2 is 2.24 bits per heavy atom. The van der Waals surface area contributed by atoms with Crippen LogP contribution in [0.5, 0.6) is 0 Å². The smallest absolute Gasteiger partial charge is 0.306 e. The van der Waals surface area contributed by atoms with Crippen molar-refractivity contribution in [2.45, 2.75) is 12.5 Å². The van der Waals surface area contributed by atoms with Crippen LogP contribution < -0.4 is 0 Å². The van der Waals surface area contributed by atoms with Crippen molar-refractivity contribution in [3.05, 3.63) is 36.0 Å². The maximum atomic E-state index is 12.5. The fraction of sp³-hybridized carbons (Fsp3) is 0.333. The summed E-state index contributed by atoms with van der Waals surface area (Å²) in [5, 5.41) is 9.80. The summed E-state index contributed by atoms with van der Waals surface area (Å²) in [7, 11) is 0. The minimum atomic E-state index is -0.914. The minimum absolute atomic E-state index is 0.0827. The molecule has 1 atom stereocenters. The Morgan fingerprint density at radius 1 is 1.38 bits per heavy atom. The minimum Gasteiger partial charge on any atom is -0.481 e. The van der Waals surface area contributed by atoms with Crippen molar-refractivity contribution in [1.82, 2.24) is 9.88 Å². The molecular weight excluding hydrogens is 272 g/mol. The van der Waals surface area contributed by atoms with Gasteiger partial charge in [0.15, 0.2) is 0 Å². The average molecular weight is 288 g/mol. The third-order valence-corrected chi connectivity index (χ3v) is 3.63. The normalized spacial score (nSPS) is 18.9. The topological polar surface area (TPSA) is 82.6 Å². The van der Waals surface area contributed by atoms with E-state index in [1.807, 2.05) is 24.4 Å². The van der Waals surface area contributed by atoms with Crippen molar-refractivity contribution in [3.63, 3.8) is 0 Å². The number of carboxylic acids is 1. The van der Waals surface area contributed by atoms with Crippen molar-refractivity contribution in [1.29, 1.82) is 0 Å². The number of carbonyl (C=O) groups excluding carboxylic acids is 1. The lowest BCUT2D eigenvalue weighted by atomic mass is 10.1. The van der Waals surface area contributed by atoms with Crippen molar-refractivity contribution < 1.29 is 19.4 Å². The van der Waals surface area contributed by atoms with Crippen LogP contribution in [0.1, 0.15) is 16.8 Å². The number of carboxylic acid groups (broad SMARTS) is 1. The summed E-state index contributed by atoms with van der Waals surface area (Å²) in [5.41, 5.74) is 1.59. The maximum Gasteiger partial charge on any atom is 0.306 e. The maximum absolute atomic E-state index is 12.5. The van der Waals surface area contributed by atoms with Crippen LogP contribution in [-0.2, 0) is 9.53 Å². The molecule has 1 fully saturated rings. The molecule has 6 nitrogen and oxygen atoms in total. The number of carbonyl (C=O) groups is 2. The summed E-state index contributed by atoms with van der Waals surface area (Å²) in [4.78, 5) is 28.0. The van der Waals surface area contributed by atoms with Gasteiger partial charge in [-0.2, -0.15) is 0 Å². The van der Waals surface area contributed by atoms with E-state index in [1.54, 1.807) is 11.0 Å². The first-order chi connectivity index (χ1) is 10.1. The lowest BCUT2D eigenvalue weighted by Gasteiger charge is -2.32. The van der Waals surface area contributed by atoms with E-state index in [0.717, 1.165) is 10.9 Å². The Kier molecular flexibility index (Phi) is 3.62. The van der Waals surface area contributed by atoms with Crippen LogP contribution in [0, 0.1) is 0 Å². The Labute approximate surface area is 121 Å². The number of hydrogen-bond acceptors (Lipinski definition) is 3. The second-order valence-electron chi connectivity index (χ2n) is 5.12. The Morgan fingerprint density at radius 3 is 3.05 bits per heavy atom. The zero-order valence-electron chi connectivity index (χ0n) is 11.4. The molecule has 1 aromatic heterocycles. The Balaban J connectivity index is 1.75. The molecule has 1 unspecified atom stereocenters. The molecule has 1 saturated heterocycles. The molecule has 6 heteroatoms. The number of fused-ring (bicyclic) bond motifs is 1. The number of hydrogen-bond donors (Lipinski definition) is 2. The van der Waals surface area contributed by atoms with Crippen molar-refractivity contribution in [2.75, 3.05) is 19.7 Å². The standard InChI is InChI=1S/C15H16N2O4/c18-14(19)8-12-9-17(5-6-21-12)15(20)11-1-2-13-10(7-11)3-4-16-13/h1-4,7,12,16H,5-6,8-9H2,(H,18,19). The number of aliphatic carboxylic acids is 1. The molecular formula is C15H16N2O4. The predicted molar refractivity (Wildman–Crippen MR) is 76.2 cm³/mol. The summed E-state index contributed by atoms with van der Waals surface area (Å²) in [6.45, 7) is 1.17. The van der Waals surface area contributed by atoms with Crippen LogP contribution in [0.15, 0.2) is 30.5 Å². The molecule has 2 aromatic rings. The summed E-state index contributed by atoms with van der Waals surface area (Å²) < 4.78 is 5.38. The van der Waals surface area contributed by atoms with Crippen LogP contribution >= 0.6 is 0 Å². The number of nitrogens with zero attached hydrogens (tertiary/aromatic N) is 1. The Hall–Kier alpha value is -2.34. The van der Waals surface area contributed by atoms with Crippen LogP contribution in [0.25, 0.3) is 10.9 Å². The average Bonchev–Trinajstić information content (AvgIpc) is 2.93. The number of amides is 1. The number of aromatic nitrogens is 1. The third-order valence-electron chi connectivity index (χ3n) is 3.63. The highest BCUT2D eigenvalue weighted by molar-refractivity contribution is 5.98. The summed E-state index contributed by atoms with van der Waals surface area (Å²) in [5.74, 6) is -1.00. The highest BCUT2D eigenvalue weighted by Gasteiger charge is 2.26. The molecule has 1 aliphatic heterocycles. The first kappa shape index (κ1) is 13.6. The van der Waals surface area contributed by atoms with Gasteiger partial charge in [0.05, 0.1) is 19.1 Å². The molecule has 0 saturated carbocycles. The second-order valence-corrected chi connectivity index (χ2v) is 5.12. The lowest BCUT2D eigenvalue weighted by molar-refractivity contribution is -0.141. The largest absolute Gasteiger partial charge is 0.481 e. The number of nitrogens with one attached hydrogen (secondary N) is 1. The van der Waals surface area contributed by atoms with Gasteiger partial charge in [0, 0.05) is 35.8 Å². The number of H-pyrrole nitrogens is 1. The van der Waals surface area contributed by atoms with E-state index in [2.05, 4.69) is 4.98 Å². The summed E-state index contributed by atoms with van der Waals surface area (Å²) in [6.07, 6.45) is 1.31. The van der Waals surface area contributed by atoms with E-state index in [9.17, 15) is 9.59 Å². The van der Waals surface area contributed by atoms with Crippen molar-refractivity contribution in [3.8, 4) is 0 Å². The number of ether oxygens (including phenoxy) is 1. The predicted octanol–water partition coefficient (Wildman–Crippen LogP) is 1.48. The SMILES string of the molecule is O=C(O)CC1CN(C(=O)c2ccc3[nH]ccc3c2)CCO1. The van der Waals surface area contributed by atoms with Crippen LogP contribution in [0.3, 0.4) is 0 Å². The van der Waals surface area contributed by atoms with E-state index in [4.69, 9.17) is 9.84 Å². The van der Waals surface area contributed by atoms with Gasteiger partial charge in [-0.05, 0) is 24.3 Å². The monoisotopic (exact) mass is 288 g/mol. The van der Waals surface area contributed by atoms with Crippen molar-refractivity contribution in [2.24, 2.45) is 0 Å². The molecule has 1 aliphatic rings. The van der Waals surface area contributed by atoms with Crippen LogP contribution in [-0.4, -0.2) is 52.7 Å². The van der Waals surface area contributed by atoms with E-state index in [1.165, 1.54) is 0 Å². The van der Waals surface area contributed by atoms with Gasteiger partial charge in [-0.3, -0.25) is 9.59 Å². The fourth-order valence-electron chi connectivity index (χ4n) is 2.59. The first-order valence-electron chi connectivity index (χ1n) is 6.83. The van der Waals surface area contributed by atoms with Gasteiger partial charge in [-0.1, -0.05) is 0 Å². The van der Waals surface area contributed by atoms with Crippen LogP contribution in [0.2, 0.25) is 0 Å². The van der Waals surface area contributed by atoms with Crippen LogP contribution in [0.4, 0.5) is 0 Å². The molecule has 2 heterocycles. The van der Waals surface area contributed by atoms with Gasteiger partial charge in [0.25, 0.3) is 5.91 Å². The molecule has 0 spiro atoms. The van der Waals surface area contributed by atoms with E-state index < -0.39 is 12.1 Å². The van der Waals surface area contributed by atoms with E-state index >= 15 is 0 Å². The second kappa shape index (κ2) is 5.57. The molecule has 1 amide bonds. The number of benzene rings is 1. The molecule has 2 N–H and O–H groups in total. The number of morpholine rings is 1. The third kappa shape index (κ3) is 2.90. The Bertz CT molecular complexity index is 679. The number of aromatic amines is 1. The van der Waals surface area contributed by atoms with Gasteiger partial charge in [0.2, 0.25) is 0 Å². The highest BCUT2D eigenvalue weighted by atomic mass is 16.5. The zero-order valence-corrected chi connectivity index (χ0v) is 11.4. The lowest BCUT2D eigenvalue weighted by Crippen LogP contribution is -2.46. The van der Waals surface area contributed by atoms with E-state index in [0.29, 0.717) is 25.3 Å². The van der Waals surface area contributed by atoms with Gasteiger partial charge in [-0.15, -0.1) is 0 Å². The van der Waals surface area contributed by atoms with Gasteiger partial charge < -0.3 is 19.7 Å². The summed E-state index contributed by atoms with van der Waals surface area (Å²) in [6, 6.07) is 7.41. The quantitative estimate of drug-likeness (QED) is 0.896. The molecule has 1 aromatic carbocycles. The zero-order chi connectivity index (χ0) is 14.8. The molecule has 0 aliphatic carbocycles. The number of rotatable bonds is 3. The molecule has 0 radical (unpaired) electrons. The molecule has 110 valence electrons. The van der Waals surface area contributed by atoms with Gasteiger partial charge in [0.1, 0.15) is 0 Å². The van der Waals surface area contributed by atoms with Gasteiger partial charge in [-0.25, -0.2) is 0 Å². The highest BCUT2D eigenvalue weighted by Crippen LogP contribution is 2.17. The van der Waals surface area contributed by atoms with E-state index in [-0.39, 0.29) is 12.3 Å². The van der Waals surface area contributed by atoms with Gasteiger partial charge >= 0.3 is 5.97 Å². The van der Waals surface area contributed by atoms with Crippen molar-refractivity contribution >= 4 is 22.8 Å². The molecule has 0 bridgehead atoms. The molecule has 21 heavy (non-hydrogen) atoms.